The number of guanidine groups is 1. The normalized spacial score (nSPS) is 20.8. The van der Waals surface area contributed by atoms with E-state index in [9.17, 15) is 0 Å². The second-order valence-electron chi connectivity index (χ2n) is 8.70. The molecule has 0 amide bonds. The molecule has 1 aromatic heterocycles. The Morgan fingerprint density at radius 2 is 2.00 bits per heavy atom. The maximum absolute atomic E-state index is 5.75. The predicted molar refractivity (Wildman–Crippen MR) is 124 cm³/mol. The zero-order chi connectivity index (χ0) is 21.3. The van der Waals surface area contributed by atoms with Gasteiger partial charge in [-0.1, -0.05) is 24.3 Å². The van der Waals surface area contributed by atoms with Crippen LogP contribution < -0.4 is 10.6 Å². The third-order valence-electron chi connectivity index (χ3n) is 6.30. The summed E-state index contributed by atoms with van der Waals surface area (Å²) in [6.07, 6.45) is 7.36. The van der Waals surface area contributed by atoms with Gasteiger partial charge in [0.15, 0.2) is 5.96 Å². The Hall–Kier alpha value is -2.31. The van der Waals surface area contributed by atoms with Gasteiger partial charge >= 0.3 is 0 Å². The van der Waals surface area contributed by atoms with Gasteiger partial charge in [0.2, 0.25) is 0 Å². The fourth-order valence-electron chi connectivity index (χ4n) is 4.35. The van der Waals surface area contributed by atoms with E-state index in [0.29, 0.717) is 6.04 Å². The van der Waals surface area contributed by atoms with Crippen molar-refractivity contribution in [1.82, 2.24) is 15.5 Å². The molecule has 0 saturated carbocycles. The first-order valence-electron chi connectivity index (χ1n) is 11.7. The molecule has 31 heavy (non-hydrogen) atoms. The van der Waals surface area contributed by atoms with Crippen LogP contribution in [0.15, 0.2) is 52.1 Å². The molecule has 6 heteroatoms. The number of rotatable bonds is 8. The standard InChI is InChI=1S/C25H36N4O2/c1-20-6-2-3-7-21(20)19-29-14-11-22(12-15-29)28-25(27-18-24-9-5-17-31-24)26-13-10-23-8-4-16-30-23/h2-4,6-8,16,22,24H,5,9-15,17-19H2,1H3,(H2,26,27,28). The molecule has 3 heterocycles. The average molecular weight is 425 g/mol. The van der Waals surface area contributed by atoms with Gasteiger partial charge in [-0.2, -0.15) is 0 Å². The fourth-order valence-corrected chi connectivity index (χ4v) is 4.35. The highest BCUT2D eigenvalue weighted by molar-refractivity contribution is 5.80. The lowest BCUT2D eigenvalue weighted by atomic mass is 10.0. The second-order valence-corrected chi connectivity index (χ2v) is 8.70. The van der Waals surface area contributed by atoms with Crippen molar-refractivity contribution in [2.75, 3.05) is 32.8 Å². The van der Waals surface area contributed by atoms with Gasteiger partial charge in [0.1, 0.15) is 5.76 Å². The van der Waals surface area contributed by atoms with Gasteiger partial charge in [-0.05, 0) is 55.9 Å². The van der Waals surface area contributed by atoms with Crippen LogP contribution in [0.1, 0.15) is 42.6 Å². The molecule has 6 nitrogen and oxygen atoms in total. The highest BCUT2D eigenvalue weighted by Crippen LogP contribution is 2.16. The van der Waals surface area contributed by atoms with Crippen LogP contribution in [0, 0.1) is 6.92 Å². The van der Waals surface area contributed by atoms with Crippen LogP contribution in [0.3, 0.4) is 0 Å². The molecule has 2 aliphatic heterocycles. The maximum Gasteiger partial charge on any atom is 0.191 e. The van der Waals surface area contributed by atoms with E-state index in [1.807, 2.05) is 12.1 Å². The molecule has 0 radical (unpaired) electrons. The highest BCUT2D eigenvalue weighted by Gasteiger charge is 2.21. The van der Waals surface area contributed by atoms with Gasteiger partial charge < -0.3 is 19.8 Å². The number of furan rings is 1. The molecule has 2 aliphatic rings. The Morgan fingerprint density at radius 1 is 1.13 bits per heavy atom. The summed E-state index contributed by atoms with van der Waals surface area (Å²) in [5, 5.41) is 7.18. The Balaban J connectivity index is 1.26. The lowest BCUT2D eigenvalue weighted by molar-refractivity contribution is 0.117. The molecule has 0 aliphatic carbocycles. The van der Waals surface area contributed by atoms with E-state index in [1.54, 1.807) is 6.26 Å². The SMILES string of the molecule is Cc1ccccc1CN1CCC(NC(=NCC2CCCO2)NCCc2ccco2)CC1. The van der Waals surface area contributed by atoms with Crippen molar-refractivity contribution >= 4 is 5.96 Å². The third kappa shape index (κ3) is 6.84. The van der Waals surface area contributed by atoms with Gasteiger partial charge in [0, 0.05) is 45.2 Å². The smallest absolute Gasteiger partial charge is 0.191 e. The largest absolute Gasteiger partial charge is 0.469 e. The van der Waals surface area contributed by atoms with E-state index in [-0.39, 0.29) is 6.10 Å². The van der Waals surface area contributed by atoms with E-state index in [2.05, 4.69) is 46.7 Å². The molecule has 2 N–H and O–H groups in total. The summed E-state index contributed by atoms with van der Waals surface area (Å²) in [6.45, 7) is 7.86. The van der Waals surface area contributed by atoms with E-state index in [1.165, 1.54) is 11.1 Å². The number of nitrogens with zero attached hydrogens (tertiary/aromatic N) is 2. The molecular formula is C25H36N4O2. The van der Waals surface area contributed by atoms with Crippen LogP contribution in [-0.4, -0.2) is 55.8 Å². The van der Waals surface area contributed by atoms with Crippen molar-refractivity contribution in [3.63, 3.8) is 0 Å². The summed E-state index contributed by atoms with van der Waals surface area (Å²) >= 11 is 0. The van der Waals surface area contributed by atoms with Crippen molar-refractivity contribution in [2.45, 2.75) is 57.7 Å². The van der Waals surface area contributed by atoms with E-state index < -0.39 is 0 Å². The molecule has 1 unspecified atom stereocenters. The summed E-state index contributed by atoms with van der Waals surface area (Å²) in [5.74, 6) is 1.90. The quantitative estimate of drug-likeness (QED) is 0.502. The lowest BCUT2D eigenvalue weighted by Crippen LogP contribution is -2.49. The van der Waals surface area contributed by atoms with Gasteiger partial charge in [0.25, 0.3) is 0 Å². The van der Waals surface area contributed by atoms with Crippen LogP contribution in [0.5, 0.6) is 0 Å². The van der Waals surface area contributed by atoms with Crippen molar-refractivity contribution in [1.29, 1.82) is 0 Å². The van der Waals surface area contributed by atoms with Crippen molar-refractivity contribution in [3.05, 3.63) is 59.5 Å². The van der Waals surface area contributed by atoms with Gasteiger partial charge in [-0.15, -0.1) is 0 Å². The number of aryl methyl sites for hydroxylation is 1. The maximum atomic E-state index is 5.75. The van der Waals surface area contributed by atoms with Crippen LogP contribution in [0.25, 0.3) is 0 Å². The first-order valence-corrected chi connectivity index (χ1v) is 11.7. The molecule has 2 fully saturated rings. The summed E-state index contributed by atoms with van der Waals surface area (Å²) < 4.78 is 11.2. The molecule has 0 bridgehead atoms. The summed E-state index contributed by atoms with van der Waals surface area (Å²) in [7, 11) is 0. The van der Waals surface area contributed by atoms with Gasteiger partial charge in [-0.25, -0.2) is 0 Å². The predicted octanol–water partition coefficient (Wildman–Crippen LogP) is 3.51. The van der Waals surface area contributed by atoms with Crippen LogP contribution in [0.2, 0.25) is 0 Å². The molecule has 0 spiro atoms. The number of piperidine rings is 1. The van der Waals surface area contributed by atoms with E-state index in [4.69, 9.17) is 14.1 Å². The minimum absolute atomic E-state index is 0.264. The molecule has 2 aromatic rings. The number of hydrogen-bond donors (Lipinski definition) is 2. The van der Waals surface area contributed by atoms with Crippen molar-refractivity contribution in [3.8, 4) is 0 Å². The monoisotopic (exact) mass is 424 g/mol. The number of ether oxygens (including phenoxy) is 1. The molecule has 1 aromatic carbocycles. The molecule has 1 atom stereocenters. The topological polar surface area (TPSA) is 62.0 Å². The summed E-state index contributed by atoms with van der Waals surface area (Å²) in [4.78, 5) is 7.41. The molecule has 168 valence electrons. The first kappa shape index (κ1) is 21.9. The number of nitrogens with one attached hydrogen (secondary N) is 2. The van der Waals surface area contributed by atoms with Crippen LogP contribution >= 0.6 is 0 Å². The third-order valence-corrected chi connectivity index (χ3v) is 6.30. The lowest BCUT2D eigenvalue weighted by Gasteiger charge is -2.33. The number of aliphatic imine (C=N–C) groups is 1. The Labute approximate surface area is 186 Å². The fraction of sp³-hybridized carbons (Fsp3) is 0.560. The average Bonchev–Trinajstić information content (AvgIpc) is 3.49. The van der Waals surface area contributed by atoms with E-state index >= 15 is 0 Å². The van der Waals surface area contributed by atoms with Crippen LogP contribution in [-0.2, 0) is 17.7 Å². The number of benzene rings is 1. The summed E-state index contributed by atoms with van der Waals surface area (Å²) in [6, 6.07) is 13.1. The highest BCUT2D eigenvalue weighted by atomic mass is 16.5. The van der Waals surface area contributed by atoms with Gasteiger partial charge in [-0.3, -0.25) is 9.89 Å². The minimum Gasteiger partial charge on any atom is -0.469 e. The molecule has 4 rings (SSSR count). The summed E-state index contributed by atoms with van der Waals surface area (Å²) in [5.41, 5.74) is 2.82. The zero-order valence-corrected chi connectivity index (χ0v) is 18.7. The number of hydrogen-bond acceptors (Lipinski definition) is 4. The Bertz CT molecular complexity index is 807. The Morgan fingerprint density at radius 3 is 2.74 bits per heavy atom. The van der Waals surface area contributed by atoms with E-state index in [0.717, 1.165) is 83.2 Å². The molecular weight excluding hydrogens is 388 g/mol. The van der Waals surface area contributed by atoms with Gasteiger partial charge in [0.05, 0.1) is 18.9 Å². The minimum atomic E-state index is 0.264. The second kappa shape index (κ2) is 11.3. The Kier molecular flexibility index (Phi) is 8.02. The molecule has 2 saturated heterocycles. The first-order chi connectivity index (χ1) is 15.3. The number of likely N-dealkylation sites (tertiary alicyclic amines) is 1. The van der Waals surface area contributed by atoms with Crippen molar-refractivity contribution < 1.29 is 9.15 Å². The van der Waals surface area contributed by atoms with Crippen molar-refractivity contribution in [2.24, 2.45) is 4.99 Å². The van der Waals surface area contributed by atoms with Crippen LogP contribution in [0.4, 0.5) is 0 Å². The zero-order valence-electron chi connectivity index (χ0n) is 18.7.